The maximum absolute atomic E-state index is 8.89. The first-order chi connectivity index (χ1) is 8.86. The Balaban J connectivity index is 2.01. The first kappa shape index (κ1) is 11.1. The third kappa shape index (κ3) is 2.04. The maximum Gasteiger partial charge on any atom is 0.143 e. The lowest BCUT2D eigenvalue weighted by molar-refractivity contribution is 1.34. The van der Waals surface area contributed by atoms with Gasteiger partial charge in [0.1, 0.15) is 10.7 Å². The molecule has 3 nitrogen and oxygen atoms in total. The Morgan fingerprint density at radius 3 is 2.89 bits per heavy atom. The van der Waals surface area contributed by atoms with Crippen LogP contribution >= 0.6 is 22.7 Å². The molecule has 0 aliphatic rings. The topological polar surface area (TPSA) is 49.6 Å². The van der Waals surface area contributed by atoms with Crippen molar-refractivity contribution in [2.45, 2.75) is 0 Å². The first-order valence-corrected chi connectivity index (χ1v) is 7.04. The molecule has 86 valence electrons. The average molecular weight is 269 g/mol. The summed E-state index contributed by atoms with van der Waals surface area (Å²) in [6, 6.07) is 9.60. The van der Waals surface area contributed by atoms with Gasteiger partial charge < -0.3 is 0 Å². The predicted octanol–water partition coefficient (Wildman–Crippen LogP) is 3.81. The molecular weight excluding hydrogens is 262 g/mol. The van der Waals surface area contributed by atoms with Crippen molar-refractivity contribution in [2.24, 2.45) is 0 Å². The molecule has 0 N–H and O–H groups in total. The molecule has 3 aromatic rings. The average Bonchev–Trinajstić information content (AvgIpc) is 3.09. The van der Waals surface area contributed by atoms with Crippen molar-refractivity contribution in [3.63, 3.8) is 0 Å². The van der Waals surface area contributed by atoms with E-state index in [1.807, 2.05) is 29.0 Å². The van der Waals surface area contributed by atoms with Crippen LogP contribution in [0.25, 0.3) is 22.0 Å². The van der Waals surface area contributed by atoms with Gasteiger partial charge in [0.25, 0.3) is 0 Å². The van der Waals surface area contributed by atoms with Gasteiger partial charge in [0.05, 0.1) is 22.8 Å². The van der Waals surface area contributed by atoms with Crippen molar-refractivity contribution in [2.75, 3.05) is 0 Å². The second-order valence-electron chi connectivity index (χ2n) is 3.60. The molecule has 0 amide bonds. The van der Waals surface area contributed by atoms with Crippen LogP contribution in [0.5, 0.6) is 0 Å². The second-order valence-corrected chi connectivity index (χ2v) is 5.18. The van der Waals surface area contributed by atoms with Crippen molar-refractivity contribution in [3.8, 4) is 28.0 Å². The fraction of sp³-hybridized carbons (Fsp3) is 0. The van der Waals surface area contributed by atoms with Crippen LogP contribution < -0.4 is 0 Å². The lowest BCUT2D eigenvalue weighted by Gasteiger charge is -1.96. The summed E-state index contributed by atoms with van der Waals surface area (Å²) in [7, 11) is 0. The molecule has 2 aromatic heterocycles. The van der Waals surface area contributed by atoms with E-state index in [2.05, 4.69) is 16.0 Å². The second kappa shape index (κ2) is 4.69. The predicted molar refractivity (Wildman–Crippen MR) is 73.4 cm³/mol. The lowest BCUT2D eigenvalue weighted by atomic mass is 10.1. The van der Waals surface area contributed by atoms with Crippen LogP contribution in [0.4, 0.5) is 0 Å². The molecule has 0 saturated heterocycles. The fourth-order valence-electron chi connectivity index (χ4n) is 1.59. The number of hydrogen-bond acceptors (Lipinski definition) is 5. The van der Waals surface area contributed by atoms with Crippen molar-refractivity contribution in [3.05, 3.63) is 46.1 Å². The molecule has 0 aliphatic carbocycles. The molecule has 18 heavy (non-hydrogen) atoms. The summed E-state index contributed by atoms with van der Waals surface area (Å²) >= 11 is 3.12. The van der Waals surface area contributed by atoms with Gasteiger partial charge in [-0.15, -0.1) is 22.7 Å². The van der Waals surface area contributed by atoms with Crippen LogP contribution in [0.2, 0.25) is 0 Å². The van der Waals surface area contributed by atoms with E-state index >= 15 is 0 Å². The van der Waals surface area contributed by atoms with E-state index in [4.69, 9.17) is 5.26 Å². The SMILES string of the molecule is N#Cc1cccc(-c2csc(-c3cscn3)n2)c1. The summed E-state index contributed by atoms with van der Waals surface area (Å²) in [4.78, 5) is 8.79. The zero-order valence-corrected chi connectivity index (χ0v) is 10.8. The van der Waals surface area contributed by atoms with Crippen LogP contribution in [0, 0.1) is 11.3 Å². The molecule has 1 aromatic carbocycles. The van der Waals surface area contributed by atoms with Crippen molar-refractivity contribution >= 4 is 22.7 Å². The van der Waals surface area contributed by atoms with E-state index in [1.165, 1.54) is 0 Å². The maximum atomic E-state index is 8.89. The van der Waals surface area contributed by atoms with Crippen LogP contribution in [0.1, 0.15) is 5.56 Å². The standard InChI is InChI=1S/C13H7N3S2/c14-5-9-2-1-3-10(4-9)11-7-18-13(16-11)12-6-17-8-15-12/h1-4,6-8H. The molecular formula is C13H7N3S2. The van der Waals surface area contributed by atoms with Gasteiger partial charge in [-0.2, -0.15) is 5.26 Å². The Labute approximate surface area is 112 Å². The van der Waals surface area contributed by atoms with E-state index < -0.39 is 0 Å². The highest BCUT2D eigenvalue weighted by molar-refractivity contribution is 7.14. The molecule has 3 rings (SSSR count). The fourth-order valence-corrected chi connectivity index (χ4v) is 3.00. The highest BCUT2D eigenvalue weighted by Crippen LogP contribution is 2.28. The Kier molecular flexibility index (Phi) is 2.89. The van der Waals surface area contributed by atoms with Crippen molar-refractivity contribution in [1.29, 1.82) is 5.26 Å². The Bertz CT molecular complexity index is 708. The monoisotopic (exact) mass is 269 g/mol. The molecule has 5 heteroatoms. The largest absolute Gasteiger partial charge is 0.242 e. The number of benzene rings is 1. The number of nitrogens with zero attached hydrogens (tertiary/aromatic N) is 3. The number of rotatable bonds is 2. The minimum Gasteiger partial charge on any atom is -0.242 e. The zero-order chi connectivity index (χ0) is 12.4. The molecule has 0 atom stereocenters. The highest BCUT2D eigenvalue weighted by Gasteiger charge is 2.08. The van der Waals surface area contributed by atoms with E-state index in [9.17, 15) is 0 Å². The Hall–Kier alpha value is -2.03. The van der Waals surface area contributed by atoms with Gasteiger partial charge in [-0.25, -0.2) is 9.97 Å². The summed E-state index contributed by atoms with van der Waals surface area (Å²) in [5.41, 5.74) is 5.21. The number of aromatic nitrogens is 2. The van der Waals surface area contributed by atoms with Gasteiger partial charge in [0.15, 0.2) is 0 Å². The quantitative estimate of drug-likeness (QED) is 0.711. The minimum atomic E-state index is 0.649. The van der Waals surface area contributed by atoms with Crippen molar-refractivity contribution in [1.82, 2.24) is 9.97 Å². The van der Waals surface area contributed by atoms with Gasteiger partial charge in [0.2, 0.25) is 0 Å². The summed E-state index contributed by atoms with van der Waals surface area (Å²) in [6.45, 7) is 0. The number of thiazole rings is 2. The summed E-state index contributed by atoms with van der Waals surface area (Å²) in [5, 5.41) is 13.8. The molecule has 0 unspecified atom stereocenters. The van der Waals surface area contributed by atoms with Crippen molar-refractivity contribution < 1.29 is 0 Å². The molecule has 0 bridgehead atoms. The summed E-state index contributed by atoms with van der Waals surface area (Å²) in [5.74, 6) is 0. The molecule has 0 saturated carbocycles. The molecule has 0 fully saturated rings. The van der Waals surface area contributed by atoms with Gasteiger partial charge >= 0.3 is 0 Å². The highest BCUT2D eigenvalue weighted by atomic mass is 32.1. The number of nitriles is 1. The van der Waals surface area contributed by atoms with Crippen LogP contribution in [0.3, 0.4) is 0 Å². The Morgan fingerprint density at radius 2 is 2.11 bits per heavy atom. The van der Waals surface area contributed by atoms with E-state index in [0.717, 1.165) is 22.0 Å². The minimum absolute atomic E-state index is 0.649. The number of hydrogen-bond donors (Lipinski definition) is 0. The van der Waals surface area contributed by atoms with Crippen LogP contribution in [-0.2, 0) is 0 Å². The van der Waals surface area contributed by atoms with Crippen LogP contribution in [0.15, 0.2) is 40.5 Å². The first-order valence-electron chi connectivity index (χ1n) is 5.21. The van der Waals surface area contributed by atoms with E-state index in [1.54, 1.807) is 34.3 Å². The van der Waals surface area contributed by atoms with Gasteiger partial charge in [-0.1, -0.05) is 12.1 Å². The smallest absolute Gasteiger partial charge is 0.143 e. The molecule has 0 aliphatic heterocycles. The summed E-state index contributed by atoms with van der Waals surface area (Å²) in [6.07, 6.45) is 0. The molecule has 2 heterocycles. The Morgan fingerprint density at radius 1 is 1.17 bits per heavy atom. The third-order valence-corrected chi connectivity index (χ3v) is 3.89. The molecule has 0 spiro atoms. The van der Waals surface area contributed by atoms with Gasteiger partial charge in [-0.3, -0.25) is 0 Å². The zero-order valence-electron chi connectivity index (χ0n) is 9.20. The van der Waals surface area contributed by atoms with E-state index in [-0.39, 0.29) is 0 Å². The van der Waals surface area contributed by atoms with E-state index in [0.29, 0.717) is 5.56 Å². The lowest BCUT2D eigenvalue weighted by Crippen LogP contribution is -1.81. The third-order valence-electron chi connectivity index (χ3n) is 2.44. The van der Waals surface area contributed by atoms with Crippen LogP contribution in [-0.4, -0.2) is 9.97 Å². The van der Waals surface area contributed by atoms with Gasteiger partial charge in [-0.05, 0) is 12.1 Å². The summed E-state index contributed by atoms with van der Waals surface area (Å²) < 4.78 is 0. The van der Waals surface area contributed by atoms with Gasteiger partial charge in [0, 0.05) is 16.3 Å². The molecule has 0 radical (unpaired) electrons. The normalized spacial score (nSPS) is 10.2.